The van der Waals surface area contributed by atoms with E-state index in [-0.39, 0.29) is 14.4 Å². The molecule has 164 valence electrons. The van der Waals surface area contributed by atoms with Crippen LogP contribution in [-0.2, 0) is 20.2 Å². The molecule has 2 aromatic rings. The van der Waals surface area contributed by atoms with Gasteiger partial charge >= 0.3 is 173 Å². The second kappa shape index (κ2) is 7.85. The van der Waals surface area contributed by atoms with E-state index in [1.165, 1.54) is 5.82 Å². The number of aromatic amines is 1. The summed E-state index contributed by atoms with van der Waals surface area (Å²) in [6.45, 7) is 0. The number of halogens is 6. The molecule has 0 aliphatic heterocycles. The first kappa shape index (κ1) is 24.2. The van der Waals surface area contributed by atoms with Crippen LogP contribution in [0, 0.1) is 0 Å². The van der Waals surface area contributed by atoms with Crippen molar-refractivity contribution < 1.29 is 51.5 Å². The SMILES string of the molecule is C[Se]c1[nH]c2c(OS(=O)(=O)C(F)(F)F)ccc([Se]C)c2c1OS(=O)(=O)C(F)(F)F. The van der Waals surface area contributed by atoms with Gasteiger partial charge in [-0.2, -0.15) is 0 Å². The van der Waals surface area contributed by atoms with E-state index >= 15 is 0 Å². The fourth-order valence-corrected chi connectivity index (χ4v) is 5.44. The van der Waals surface area contributed by atoms with Crippen LogP contribution in [0.4, 0.5) is 26.3 Å². The van der Waals surface area contributed by atoms with Gasteiger partial charge in [-0.25, -0.2) is 0 Å². The van der Waals surface area contributed by atoms with Crippen molar-refractivity contribution in [3.05, 3.63) is 12.1 Å². The molecule has 1 aromatic carbocycles. The van der Waals surface area contributed by atoms with Crippen molar-refractivity contribution in [2.45, 2.75) is 22.7 Å². The van der Waals surface area contributed by atoms with Crippen LogP contribution in [0.25, 0.3) is 10.9 Å². The van der Waals surface area contributed by atoms with E-state index < -0.39 is 78.2 Å². The number of rotatable bonds is 6. The van der Waals surface area contributed by atoms with Crippen LogP contribution < -0.4 is 17.4 Å². The van der Waals surface area contributed by atoms with Crippen LogP contribution in [-0.4, -0.2) is 62.7 Å². The second-order valence-corrected chi connectivity index (χ2v) is 11.5. The molecule has 0 spiro atoms. The Hall–Kier alpha value is -1.12. The average molecular weight is 599 g/mol. The number of H-pyrrole nitrogens is 1. The van der Waals surface area contributed by atoms with Crippen LogP contribution >= 0.6 is 0 Å². The first-order valence-electron chi connectivity index (χ1n) is 6.84. The van der Waals surface area contributed by atoms with Crippen molar-refractivity contribution in [3.8, 4) is 11.5 Å². The fraction of sp³-hybridized carbons (Fsp3) is 0.333. The zero-order valence-electron chi connectivity index (χ0n) is 14.0. The van der Waals surface area contributed by atoms with Gasteiger partial charge in [-0.05, 0) is 0 Å². The van der Waals surface area contributed by atoms with Gasteiger partial charge in [-0.3, -0.25) is 0 Å². The number of hydrogen-bond donors (Lipinski definition) is 1. The summed E-state index contributed by atoms with van der Waals surface area (Å²) in [5.74, 6) is 1.44. The molecule has 0 amide bonds. The number of nitrogens with one attached hydrogen (secondary N) is 1. The van der Waals surface area contributed by atoms with E-state index in [1.807, 2.05) is 0 Å². The normalized spacial score (nSPS) is 13.7. The molecule has 1 N–H and O–H groups in total. The van der Waals surface area contributed by atoms with Crippen molar-refractivity contribution in [1.82, 2.24) is 4.98 Å². The third-order valence-electron chi connectivity index (χ3n) is 3.18. The Bertz CT molecular complexity index is 1140. The Kier molecular flexibility index (Phi) is 6.54. The van der Waals surface area contributed by atoms with E-state index in [9.17, 15) is 43.2 Å². The van der Waals surface area contributed by atoms with Gasteiger partial charge in [0.15, 0.2) is 0 Å². The van der Waals surface area contributed by atoms with Crippen molar-refractivity contribution in [1.29, 1.82) is 0 Å². The molecular formula is C12H9F6NO6S2Se2. The summed E-state index contributed by atoms with van der Waals surface area (Å²) in [6, 6.07) is 2.01. The molecule has 1 aromatic heterocycles. The van der Waals surface area contributed by atoms with Gasteiger partial charge in [0.2, 0.25) is 0 Å². The summed E-state index contributed by atoms with van der Waals surface area (Å²) in [5, 5.41) is -0.297. The number of benzene rings is 1. The van der Waals surface area contributed by atoms with Crippen molar-refractivity contribution in [3.63, 3.8) is 0 Å². The van der Waals surface area contributed by atoms with E-state index in [4.69, 9.17) is 0 Å². The van der Waals surface area contributed by atoms with E-state index in [2.05, 4.69) is 13.4 Å². The summed E-state index contributed by atoms with van der Waals surface area (Å²) in [6.07, 6.45) is 0. The summed E-state index contributed by atoms with van der Waals surface area (Å²) in [5.41, 5.74) is -11.9. The third-order valence-corrected chi connectivity index (χ3v) is 8.20. The van der Waals surface area contributed by atoms with E-state index in [0.717, 1.165) is 12.1 Å². The molecule has 0 aliphatic carbocycles. The summed E-state index contributed by atoms with van der Waals surface area (Å²) in [7, 11) is -12.2. The monoisotopic (exact) mass is 601 g/mol. The predicted octanol–water partition coefficient (Wildman–Crippen LogP) is 1.38. The molecular weight excluding hydrogens is 590 g/mol. The second-order valence-electron chi connectivity index (χ2n) is 4.97. The molecule has 0 saturated carbocycles. The molecule has 0 saturated heterocycles. The maximum absolute atomic E-state index is 12.7. The van der Waals surface area contributed by atoms with Crippen molar-refractivity contribution in [2.24, 2.45) is 0 Å². The number of alkyl halides is 6. The summed E-state index contributed by atoms with van der Waals surface area (Å²) < 4.78 is 130. The summed E-state index contributed by atoms with van der Waals surface area (Å²) >= 11 is -1.20. The number of hydrogen-bond acceptors (Lipinski definition) is 6. The van der Waals surface area contributed by atoms with Crippen LogP contribution in [0.1, 0.15) is 0 Å². The quantitative estimate of drug-likeness (QED) is 0.233. The van der Waals surface area contributed by atoms with Gasteiger partial charge in [0, 0.05) is 0 Å². The van der Waals surface area contributed by atoms with E-state index in [0.29, 0.717) is 0 Å². The number of aromatic nitrogens is 1. The van der Waals surface area contributed by atoms with Gasteiger partial charge in [-0.15, -0.1) is 0 Å². The van der Waals surface area contributed by atoms with Gasteiger partial charge in [0.1, 0.15) is 0 Å². The zero-order valence-corrected chi connectivity index (χ0v) is 19.1. The first-order chi connectivity index (χ1) is 13.1. The molecule has 0 aliphatic rings. The molecule has 29 heavy (non-hydrogen) atoms. The van der Waals surface area contributed by atoms with Crippen LogP contribution in [0.5, 0.6) is 11.5 Å². The van der Waals surface area contributed by atoms with Gasteiger partial charge < -0.3 is 0 Å². The Morgan fingerprint density at radius 3 is 1.83 bits per heavy atom. The molecule has 0 atom stereocenters. The predicted molar refractivity (Wildman–Crippen MR) is 92.0 cm³/mol. The standard InChI is InChI=1S/C12H9F6NO6S2Se2/c1-28-6-4-3-5(24-26(20,21)11(13,14)15)8-7(6)9(10(19-8)29-2)25-27(22,23)12(16,17)18/h3-4,19H,1-2H3. The average Bonchev–Trinajstić information content (AvgIpc) is 2.91. The molecule has 17 heteroatoms. The minimum atomic E-state index is -6.08. The number of fused-ring (bicyclic) bond motifs is 1. The zero-order chi connectivity index (χ0) is 22.4. The molecule has 2 rings (SSSR count). The third kappa shape index (κ3) is 4.64. The Balaban J connectivity index is 2.78. The van der Waals surface area contributed by atoms with Crippen molar-refractivity contribution >= 4 is 70.1 Å². The van der Waals surface area contributed by atoms with Crippen LogP contribution in [0.15, 0.2) is 12.1 Å². The van der Waals surface area contributed by atoms with Crippen LogP contribution in [0.2, 0.25) is 11.6 Å². The molecule has 0 unspecified atom stereocenters. The molecule has 7 nitrogen and oxygen atoms in total. The van der Waals surface area contributed by atoms with E-state index in [1.54, 1.807) is 5.82 Å². The molecule has 1 heterocycles. The van der Waals surface area contributed by atoms with Gasteiger partial charge in [0.05, 0.1) is 0 Å². The minimum absolute atomic E-state index is 0.147. The summed E-state index contributed by atoms with van der Waals surface area (Å²) in [4.78, 5) is 2.43. The Morgan fingerprint density at radius 2 is 1.38 bits per heavy atom. The molecule has 0 fully saturated rings. The van der Waals surface area contributed by atoms with Gasteiger partial charge in [-0.1, -0.05) is 0 Å². The van der Waals surface area contributed by atoms with Crippen molar-refractivity contribution in [2.75, 3.05) is 0 Å². The molecule has 0 radical (unpaired) electrons. The topological polar surface area (TPSA) is 103 Å². The fourth-order valence-electron chi connectivity index (χ4n) is 1.98. The first-order valence-corrected chi connectivity index (χ1v) is 14.8. The van der Waals surface area contributed by atoms with Gasteiger partial charge in [0.25, 0.3) is 0 Å². The Morgan fingerprint density at radius 1 is 0.862 bits per heavy atom. The van der Waals surface area contributed by atoms with Crippen LogP contribution in [0.3, 0.4) is 0 Å². The molecule has 0 bridgehead atoms. The Labute approximate surface area is 172 Å². The maximum atomic E-state index is 12.7.